The summed E-state index contributed by atoms with van der Waals surface area (Å²) < 4.78 is 6.63. The molecular weight excluding hydrogens is 270 g/mol. The van der Waals surface area contributed by atoms with Gasteiger partial charge in [0.1, 0.15) is 5.75 Å². The number of benzene rings is 1. The maximum atomic E-state index is 8.59. The number of quaternary nitrogens is 1. The molecule has 0 saturated heterocycles. The molecule has 0 amide bonds. The lowest BCUT2D eigenvalue weighted by molar-refractivity contribution is -0.656. The first-order valence-corrected chi connectivity index (χ1v) is 6.43. The molecule has 16 heavy (non-hydrogen) atoms. The summed E-state index contributed by atoms with van der Waals surface area (Å²) in [6.45, 7) is 2.86. The van der Waals surface area contributed by atoms with Crippen LogP contribution in [0.5, 0.6) is 5.75 Å². The number of hydrogen-bond donors (Lipinski definition) is 2. The van der Waals surface area contributed by atoms with Crippen LogP contribution < -0.4 is 10.1 Å². The number of aliphatic hydroxyl groups is 1. The van der Waals surface area contributed by atoms with Crippen LogP contribution in [0.15, 0.2) is 28.7 Å². The van der Waals surface area contributed by atoms with Gasteiger partial charge in [-0.2, -0.15) is 0 Å². The second kappa shape index (κ2) is 8.56. The minimum Gasteiger partial charge on any atom is -0.492 e. The first-order chi connectivity index (χ1) is 7.84. The monoisotopic (exact) mass is 288 g/mol. The van der Waals surface area contributed by atoms with Crippen molar-refractivity contribution in [3.05, 3.63) is 28.7 Å². The molecule has 90 valence electrons. The van der Waals surface area contributed by atoms with Crippen molar-refractivity contribution in [3.63, 3.8) is 0 Å². The van der Waals surface area contributed by atoms with Gasteiger partial charge in [0.25, 0.3) is 0 Å². The Labute approximate surface area is 105 Å². The Morgan fingerprint density at radius 2 is 2.00 bits per heavy atom. The normalized spacial score (nSPS) is 10.4. The largest absolute Gasteiger partial charge is 0.492 e. The van der Waals surface area contributed by atoms with E-state index >= 15 is 0 Å². The van der Waals surface area contributed by atoms with Gasteiger partial charge in [0.15, 0.2) is 0 Å². The van der Waals surface area contributed by atoms with Crippen molar-refractivity contribution in [1.29, 1.82) is 0 Å². The molecule has 4 heteroatoms. The highest BCUT2D eigenvalue weighted by molar-refractivity contribution is 9.10. The summed E-state index contributed by atoms with van der Waals surface area (Å²) in [6, 6.07) is 7.88. The molecule has 0 spiro atoms. The van der Waals surface area contributed by atoms with Gasteiger partial charge >= 0.3 is 0 Å². The summed E-state index contributed by atoms with van der Waals surface area (Å²) in [4.78, 5) is 0. The van der Waals surface area contributed by atoms with Gasteiger partial charge in [0.05, 0.1) is 30.8 Å². The second-order valence-electron chi connectivity index (χ2n) is 3.58. The van der Waals surface area contributed by atoms with Gasteiger partial charge in [-0.05, 0) is 40.9 Å². The fourth-order valence-corrected chi connectivity index (χ4v) is 1.77. The zero-order valence-corrected chi connectivity index (χ0v) is 10.9. The molecule has 0 aliphatic heterocycles. The Morgan fingerprint density at radius 3 is 2.75 bits per heavy atom. The lowest BCUT2D eigenvalue weighted by Crippen LogP contribution is -2.85. The quantitative estimate of drug-likeness (QED) is 0.706. The maximum Gasteiger partial charge on any atom is 0.133 e. The average molecular weight is 289 g/mol. The molecule has 3 nitrogen and oxygen atoms in total. The molecule has 1 aromatic rings. The molecule has 0 unspecified atom stereocenters. The molecule has 0 aliphatic carbocycles. The summed E-state index contributed by atoms with van der Waals surface area (Å²) in [6.07, 6.45) is 2.16. The minimum atomic E-state index is 0.257. The molecule has 0 fully saturated rings. The Bertz CT molecular complexity index is 294. The van der Waals surface area contributed by atoms with E-state index in [0.717, 1.165) is 42.8 Å². The van der Waals surface area contributed by atoms with E-state index in [2.05, 4.69) is 21.2 Å². The van der Waals surface area contributed by atoms with Gasteiger partial charge in [0, 0.05) is 0 Å². The molecule has 1 aromatic carbocycles. The number of para-hydroxylation sites is 1. The van der Waals surface area contributed by atoms with Crippen LogP contribution in [0.25, 0.3) is 0 Å². The van der Waals surface area contributed by atoms with Crippen molar-refractivity contribution in [2.24, 2.45) is 0 Å². The predicted molar refractivity (Wildman–Crippen MR) is 67.6 cm³/mol. The van der Waals surface area contributed by atoms with E-state index < -0.39 is 0 Å². The second-order valence-corrected chi connectivity index (χ2v) is 4.43. The summed E-state index contributed by atoms with van der Waals surface area (Å²) in [7, 11) is 0. The summed E-state index contributed by atoms with van der Waals surface area (Å²) in [5, 5.41) is 10.7. The van der Waals surface area contributed by atoms with Crippen molar-refractivity contribution in [2.45, 2.75) is 12.8 Å². The number of ether oxygens (including phenoxy) is 1. The number of halogens is 1. The SMILES string of the molecule is OCC[NH2+]CCCCOc1ccccc1Br. The Balaban J connectivity index is 2.05. The number of hydrogen-bond acceptors (Lipinski definition) is 2. The van der Waals surface area contributed by atoms with Crippen LogP contribution in [-0.4, -0.2) is 31.4 Å². The third-order valence-electron chi connectivity index (χ3n) is 2.23. The lowest BCUT2D eigenvalue weighted by atomic mass is 10.3. The van der Waals surface area contributed by atoms with E-state index in [4.69, 9.17) is 9.84 Å². The van der Waals surface area contributed by atoms with Crippen LogP contribution in [0.1, 0.15) is 12.8 Å². The third-order valence-corrected chi connectivity index (χ3v) is 2.89. The van der Waals surface area contributed by atoms with Crippen molar-refractivity contribution in [1.82, 2.24) is 0 Å². The van der Waals surface area contributed by atoms with E-state index in [1.807, 2.05) is 24.3 Å². The van der Waals surface area contributed by atoms with E-state index in [-0.39, 0.29) is 6.61 Å². The Morgan fingerprint density at radius 1 is 1.19 bits per heavy atom. The van der Waals surface area contributed by atoms with E-state index in [0.29, 0.717) is 0 Å². The van der Waals surface area contributed by atoms with Crippen molar-refractivity contribution >= 4 is 15.9 Å². The Hall–Kier alpha value is -0.580. The highest BCUT2D eigenvalue weighted by Gasteiger charge is 1.98. The molecule has 1 rings (SSSR count). The number of unbranched alkanes of at least 4 members (excludes halogenated alkanes) is 1. The summed E-state index contributed by atoms with van der Waals surface area (Å²) in [5.74, 6) is 0.904. The molecule has 0 aromatic heterocycles. The van der Waals surface area contributed by atoms with Crippen LogP contribution >= 0.6 is 15.9 Å². The van der Waals surface area contributed by atoms with Gasteiger partial charge < -0.3 is 15.2 Å². The van der Waals surface area contributed by atoms with Crippen molar-refractivity contribution < 1.29 is 15.2 Å². The number of nitrogens with two attached hydrogens (primary N) is 1. The van der Waals surface area contributed by atoms with Crippen LogP contribution in [-0.2, 0) is 0 Å². The maximum absolute atomic E-state index is 8.59. The van der Waals surface area contributed by atoms with E-state index in [1.54, 1.807) is 0 Å². The number of rotatable bonds is 8. The molecule has 0 heterocycles. The summed E-state index contributed by atoms with van der Waals surface area (Å²) >= 11 is 3.44. The topological polar surface area (TPSA) is 46.1 Å². The lowest BCUT2D eigenvalue weighted by Gasteiger charge is -2.07. The first-order valence-electron chi connectivity index (χ1n) is 5.64. The average Bonchev–Trinajstić information content (AvgIpc) is 2.30. The van der Waals surface area contributed by atoms with Gasteiger partial charge in [-0.15, -0.1) is 0 Å². The zero-order valence-electron chi connectivity index (χ0n) is 9.36. The first kappa shape index (κ1) is 13.5. The van der Waals surface area contributed by atoms with Gasteiger partial charge in [0.2, 0.25) is 0 Å². The minimum absolute atomic E-state index is 0.257. The fourth-order valence-electron chi connectivity index (χ4n) is 1.37. The number of aliphatic hydroxyl groups excluding tert-OH is 1. The van der Waals surface area contributed by atoms with Gasteiger partial charge in [-0.25, -0.2) is 0 Å². The molecule has 3 N–H and O–H groups in total. The van der Waals surface area contributed by atoms with Crippen LogP contribution in [0.3, 0.4) is 0 Å². The van der Waals surface area contributed by atoms with Gasteiger partial charge in [-0.3, -0.25) is 0 Å². The molecule has 0 bridgehead atoms. The third kappa shape index (κ3) is 5.49. The molecule has 0 aliphatic rings. The molecule has 0 atom stereocenters. The summed E-state index contributed by atoms with van der Waals surface area (Å²) in [5.41, 5.74) is 0. The zero-order chi connectivity index (χ0) is 11.6. The van der Waals surface area contributed by atoms with Crippen molar-refractivity contribution in [2.75, 3.05) is 26.3 Å². The Kier molecular flexibility index (Phi) is 7.21. The van der Waals surface area contributed by atoms with E-state index in [9.17, 15) is 0 Å². The van der Waals surface area contributed by atoms with Crippen molar-refractivity contribution in [3.8, 4) is 5.75 Å². The smallest absolute Gasteiger partial charge is 0.133 e. The van der Waals surface area contributed by atoms with Crippen LogP contribution in [0, 0.1) is 0 Å². The highest BCUT2D eigenvalue weighted by Crippen LogP contribution is 2.23. The van der Waals surface area contributed by atoms with Gasteiger partial charge in [-0.1, -0.05) is 12.1 Å². The molecule has 0 radical (unpaired) electrons. The molecule has 0 saturated carbocycles. The molecular formula is C12H19BrNO2+. The standard InChI is InChI=1S/C12H18BrNO2/c13-11-5-1-2-6-12(11)16-10-4-3-7-14-8-9-15/h1-2,5-6,14-15H,3-4,7-10H2/p+1. The fraction of sp³-hybridized carbons (Fsp3) is 0.500. The van der Waals surface area contributed by atoms with E-state index in [1.165, 1.54) is 0 Å². The highest BCUT2D eigenvalue weighted by atomic mass is 79.9. The van der Waals surface area contributed by atoms with Crippen LogP contribution in [0.2, 0.25) is 0 Å². The van der Waals surface area contributed by atoms with Crippen LogP contribution in [0.4, 0.5) is 0 Å². The predicted octanol–water partition coefficient (Wildman–Crippen LogP) is 1.16.